The highest BCUT2D eigenvalue weighted by molar-refractivity contribution is 8.15. The Kier molecular flexibility index (Phi) is 5.77. The fraction of sp³-hybridized carbons (Fsp3) is 0.391. The molecule has 164 valence electrons. The Hall–Kier alpha value is -2.48. The zero-order chi connectivity index (χ0) is 22.3. The predicted octanol–water partition coefficient (Wildman–Crippen LogP) is 5.71. The third kappa shape index (κ3) is 3.60. The summed E-state index contributed by atoms with van der Waals surface area (Å²) < 4.78 is 43.0. The van der Waals surface area contributed by atoms with Crippen LogP contribution in [0.2, 0.25) is 0 Å². The first kappa shape index (κ1) is 21.7. The summed E-state index contributed by atoms with van der Waals surface area (Å²) >= 11 is 1.22. The second-order valence-electron chi connectivity index (χ2n) is 8.12. The first-order valence-electron chi connectivity index (χ1n) is 10.3. The number of fused-ring (bicyclic) bond motifs is 2. The lowest BCUT2D eigenvalue weighted by Gasteiger charge is -2.42. The highest BCUT2D eigenvalue weighted by Gasteiger charge is 2.55. The number of benzene rings is 2. The Labute approximate surface area is 184 Å². The van der Waals surface area contributed by atoms with E-state index < -0.39 is 28.4 Å². The molecule has 0 radical (unpaired) electrons. The number of rotatable bonds is 2. The molecule has 2 aromatic carbocycles. The van der Waals surface area contributed by atoms with Gasteiger partial charge in [-0.2, -0.15) is 10.1 Å². The van der Waals surface area contributed by atoms with Crippen LogP contribution in [0.3, 0.4) is 0 Å². The molecule has 0 saturated heterocycles. The van der Waals surface area contributed by atoms with Crippen LogP contribution >= 0.6 is 11.8 Å². The Morgan fingerprint density at radius 2 is 1.90 bits per heavy atom. The normalized spacial score (nSPS) is 22.8. The Balaban J connectivity index is 1.97. The molecule has 1 heterocycles. The van der Waals surface area contributed by atoms with Gasteiger partial charge in [0.15, 0.2) is 0 Å². The van der Waals surface area contributed by atoms with Crippen LogP contribution in [0, 0.1) is 23.4 Å². The van der Waals surface area contributed by atoms with Crippen molar-refractivity contribution in [2.45, 2.75) is 37.5 Å². The van der Waals surface area contributed by atoms with Crippen molar-refractivity contribution in [1.29, 1.82) is 0 Å². The fourth-order valence-corrected chi connectivity index (χ4v) is 6.12. The van der Waals surface area contributed by atoms with Crippen molar-refractivity contribution in [3.8, 4) is 0 Å². The topological polar surface area (TPSA) is 35.9 Å². The zero-order valence-corrected chi connectivity index (χ0v) is 18.5. The van der Waals surface area contributed by atoms with Gasteiger partial charge in [-0.15, -0.1) is 0 Å². The Bertz CT molecular complexity index is 1060. The number of amides is 2. The Morgan fingerprint density at radius 3 is 2.61 bits per heavy atom. The highest BCUT2D eigenvalue weighted by Crippen LogP contribution is 2.57. The molecule has 8 heteroatoms. The number of halogens is 3. The number of hydrazone groups is 1. The first-order valence-corrected chi connectivity index (χ1v) is 11.1. The Morgan fingerprint density at radius 1 is 1.19 bits per heavy atom. The largest absolute Gasteiger partial charge is 0.341 e. The molecule has 4 nitrogen and oxygen atoms in total. The molecule has 2 amide bonds. The maximum atomic E-state index is 14.6. The van der Waals surface area contributed by atoms with Crippen LogP contribution in [-0.4, -0.2) is 35.1 Å². The second-order valence-corrected chi connectivity index (χ2v) is 9.33. The molecule has 31 heavy (non-hydrogen) atoms. The summed E-state index contributed by atoms with van der Waals surface area (Å²) in [4.78, 5) is 13.6. The number of nitrogens with zero attached hydrogens (tertiary/aromatic N) is 3. The van der Waals surface area contributed by atoms with E-state index in [4.69, 9.17) is 0 Å². The van der Waals surface area contributed by atoms with Gasteiger partial charge in [-0.25, -0.2) is 18.0 Å². The van der Waals surface area contributed by atoms with Gasteiger partial charge in [-0.1, -0.05) is 24.8 Å². The van der Waals surface area contributed by atoms with E-state index in [9.17, 15) is 18.0 Å². The van der Waals surface area contributed by atoms with E-state index in [2.05, 4.69) is 5.10 Å². The van der Waals surface area contributed by atoms with E-state index in [0.29, 0.717) is 12.0 Å². The van der Waals surface area contributed by atoms with Crippen LogP contribution < -0.4 is 0 Å². The van der Waals surface area contributed by atoms with Gasteiger partial charge >= 0.3 is 6.03 Å². The summed E-state index contributed by atoms with van der Waals surface area (Å²) in [5.41, 5.74) is 1.61. The molecule has 2 atom stereocenters. The minimum absolute atomic E-state index is 0.00418. The van der Waals surface area contributed by atoms with Gasteiger partial charge in [0.05, 0.1) is 0 Å². The molecule has 1 aliphatic heterocycles. The molecule has 2 aromatic rings. The van der Waals surface area contributed by atoms with Crippen LogP contribution in [0.25, 0.3) is 0 Å². The smallest absolute Gasteiger partial charge is 0.329 e. The lowest BCUT2D eigenvalue weighted by atomic mass is 9.87. The first-order chi connectivity index (χ1) is 14.8. The standard InChI is InChI=1S/C23H24F3N3OS/c1-4-15-7-5-6-14-8-9-17(25)13-19(14)23(15)29(22(30)28(2)3)27-21(31-23)18-12-16(24)10-11-20(18)26/h8-13,15H,4-7H2,1-3H3/t15-,23?/m0/s1. The summed E-state index contributed by atoms with van der Waals surface area (Å²) in [6.07, 6.45) is 3.15. The van der Waals surface area contributed by atoms with Crippen molar-refractivity contribution in [2.24, 2.45) is 11.0 Å². The number of aryl methyl sites for hydroxylation is 1. The minimum Gasteiger partial charge on any atom is -0.329 e. The summed E-state index contributed by atoms with van der Waals surface area (Å²) in [5.74, 6) is -1.67. The van der Waals surface area contributed by atoms with Gasteiger partial charge in [-0.05, 0) is 73.1 Å². The van der Waals surface area contributed by atoms with Gasteiger partial charge in [0.1, 0.15) is 27.4 Å². The average Bonchev–Trinajstić information content (AvgIpc) is 3.06. The van der Waals surface area contributed by atoms with Crippen molar-refractivity contribution in [3.05, 3.63) is 70.5 Å². The van der Waals surface area contributed by atoms with Crippen LogP contribution in [0.4, 0.5) is 18.0 Å². The number of urea groups is 1. The molecule has 0 N–H and O–H groups in total. The third-order valence-electron chi connectivity index (χ3n) is 5.98. The van der Waals surface area contributed by atoms with E-state index in [1.165, 1.54) is 33.8 Å². The maximum absolute atomic E-state index is 14.6. The van der Waals surface area contributed by atoms with E-state index in [1.807, 2.05) is 6.92 Å². The van der Waals surface area contributed by atoms with Crippen LogP contribution in [-0.2, 0) is 11.3 Å². The number of hydrogen-bond acceptors (Lipinski definition) is 3. The molecule has 0 aromatic heterocycles. The fourth-order valence-electron chi connectivity index (χ4n) is 4.48. The van der Waals surface area contributed by atoms with Crippen molar-refractivity contribution in [1.82, 2.24) is 9.91 Å². The van der Waals surface area contributed by atoms with Gasteiger partial charge in [0, 0.05) is 19.7 Å². The van der Waals surface area contributed by atoms with Crippen LogP contribution in [0.1, 0.15) is 42.9 Å². The van der Waals surface area contributed by atoms with Crippen LogP contribution in [0.5, 0.6) is 0 Å². The third-order valence-corrected chi connectivity index (χ3v) is 7.52. The molecule has 2 aliphatic rings. The minimum atomic E-state index is -1.04. The summed E-state index contributed by atoms with van der Waals surface area (Å²) in [6.45, 7) is 2.02. The SMILES string of the molecule is CC[C@H]1CCCc2ccc(F)cc2C12SC(c1cc(F)ccc1F)=NN2C(=O)N(C)C. The number of hydrogen-bond donors (Lipinski definition) is 0. The molecule has 1 unspecified atom stereocenters. The molecule has 4 rings (SSSR count). The molecule has 0 saturated carbocycles. The molecule has 0 bridgehead atoms. The van der Waals surface area contributed by atoms with Crippen LogP contribution in [0.15, 0.2) is 41.5 Å². The monoisotopic (exact) mass is 447 g/mol. The number of carbonyl (C=O) groups excluding carboxylic acids is 1. The molecular weight excluding hydrogens is 423 g/mol. The van der Waals surface area contributed by atoms with Gasteiger partial charge in [-0.3, -0.25) is 0 Å². The molecular formula is C23H24F3N3OS. The van der Waals surface area contributed by atoms with Crippen molar-refractivity contribution < 1.29 is 18.0 Å². The quantitative estimate of drug-likeness (QED) is 0.591. The predicted molar refractivity (Wildman–Crippen MR) is 116 cm³/mol. The van der Waals surface area contributed by atoms with Crippen molar-refractivity contribution in [2.75, 3.05) is 14.1 Å². The average molecular weight is 448 g/mol. The summed E-state index contributed by atoms with van der Waals surface area (Å²) in [7, 11) is 3.22. The number of carbonyl (C=O) groups is 1. The van der Waals surface area contributed by atoms with E-state index in [-0.39, 0.29) is 16.5 Å². The zero-order valence-electron chi connectivity index (χ0n) is 17.7. The second kappa shape index (κ2) is 8.22. The molecule has 1 spiro atoms. The molecule has 0 fully saturated rings. The van der Waals surface area contributed by atoms with E-state index in [0.717, 1.165) is 43.0 Å². The maximum Gasteiger partial charge on any atom is 0.341 e. The van der Waals surface area contributed by atoms with Crippen molar-refractivity contribution in [3.63, 3.8) is 0 Å². The van der Waals surface area contributed by atoms with E-state index >= 15 is 0 Å². The van der Waals surface area contributed by atoms with Gasteiger partial charge < -0.3 is 4.90 Å². The lowest BCUT2D eigenvalue weighted by molar-refractivity contribution is 0.109. The summed E-state index contributed by atoms with van der Waals surface area (Å²) in [6, 6.07) is 7.43. The highest BCUT2D eigenvalue weighted by atomic mass is 32.2. The van der Waals surface area contributed by atoms with Crippen molar-refractivity contribution >= 4 is 22.8 Å². The lowest BCUT2D eigenvalue weighted by Crippen LogP contribution is -2.50. The number of thioether (sulfide) groups is 1. The van der Waals surface area contributed by atoms with E-state index in [1.54, 1.807) is 20.2 Å². The van der Waals surface area contributed by atoms with Gasteiger partial charge in [0.25, 0.3) is 0 Å². The molecule has 1 aliphatic carbocycles. The summed E-state index contributed by atoms with van der Waals surface area (Å²) in [5, 5.41) is 6.09. The van der Waals surface area contributed by atoms with Gasteiger partial charge in [0.2, 0.25) is 0 Å².